The van der Waals surface area contributed by atoms with E-state index in [9.17, 15) is 4.79 Å². The van der Waals surface area contributed by atoms with Crippen LogP contribution in [0.4, 0.5) is 5.69 Å². The Labute approximate surface area is 139 Å². The van der Waals surface area contributed by atoms with Crippen molar-refractivity contribution in [3.8, 4) is 11.5 Å². The molecule has 8 nitrogen and oxygen atoms in total. The van der Waals surface area contributed by atoms with Gasteiger partial charge in [0.05, 0.1) is 5.69 Å². The number of ether oxygens (including phenoxy) is 1. The molecule has 0 unspecified atom stereocenters. The summed E-state index contributed by atoms with van der Waals surface area (Å²) < 4.78 is 5.71. The van der Waals surface area contributed by atoms with Crippen molar-refractivity contribution in [1.29, 1.82) is 0 Å². The van der Waals surface area contributed by atoms with Gasteiger partial charge in [0.25, 0.3) is 5.91 Å². The van der Waals surface area contributed by atoms with Gasteiger partial charge in [-0.2, -0.15) is 4.99 Å². The second-order valence-corrected chi connectivity index (χ2v) is 4.71. The van der Waals surface area contributed by atoms with Gasteiger partial charge in [0.1, 0.15) is 11.5 Å². The molecule has 0 aliphatic carbocycles. The minimum atomic E-state index is -0.180. The number of nitrogens with zero attached hydrogens (tertiary/aromatic N) is 2. The molecule has 8 heteroatoms. The monoisotopic (exact) mass is 326 g/mol. The summed E-state index contributed by atoms with van der Waals surface area (Å²) in [6, 6.07) is 13.7. The van der Waals surface area contributed by atoms with Crippen LogP contribution in [0.2, 0.25) is 0 Å². The van der Waals surface area contributed by atoms with Crippen LogP contribution in [-0.2, 0) is 0 Å². The number of carbonyl (C=O) groups is 1. The van der Waals surface area contributed by atoms with E-state index in [4.69, 9.17) is 21.9 Å². The van der Waals surface area contributed by atoms with Gasteiger partial charge in [-0.15, -0.1) is 0 Å². The highest BCUT2D eigenvalue weighted by molar-refractivity contribution is 5.94. The van der Waals surface area contributed by atoms with Crippen LogP contribution in [0, 0.1) is 0 Å². The molecule has 2 rings (SSSR count). The number of benzene rings is 2. The summed E-state index contributed by atoms with van der Waals surface area (Å²) in [7, 11) is 1.57. The van der Waals surface area contributed by atoms with E-state index in [1.165, 1.54) is 0 Å². The topological polar surface area (TPSA) is 141 Å². The molecular formula is C16H18N6O2. The lowest BCUT2D eigenvalue weighted by Crippen LogP contribution is -2.26. The average molecular weight is 326 g/mol. The number of rotatable bonds is 4. The lowest BCUT2D eigenvalue weighted by Gasteiger charge is -2.07. The van der Waals surface area contributed by atoms with Crippen molar-refractivity contribution < 1.29 is 9.53 Å². The predicted octanol–water partition coefficient (Wildman–Crippen LogP) is 1.06. The van der Waals surface area contributed by atoms with Crippen molar-refractivity contribution in [2.75, 3.05) is 7.05 Å². The van der Waals surface area contributed by atoms with E-state index in [2.05, 4.69) is 15.3 Å². The van der Waals surface area contributed by atoms with Gasteiger partial charge < -0.3 is 27.3 Å². The normalized spacial score (nSPS) is 10.8. The number of carbonyl (C=O) groups excluding carboxylic acids is 1. The highest BCUT2D eigenvalue weighted by Crippen LogP contribution is 2.24. The number of hydrogen-bond donors (Lipinski definition) is 4. The maximum absolute atomic E-state index is 11.6. The van der Waals surface area contributed by atoms with E-state index in [-0.39, 0.29) is 17.8 Å². The fourth-order valence-electron chi connectivity index (χ4n) is 1.86. The Morgan fingerprint density at radius 1 is 1.04 bits per heavy atom. The number of aliphatic imine (C=N–C) groups is 2. The summed E-state index contributed by atoms with van der Waals surface area (Å²) in [5.74, 6) is 0.755. The number of amides is 1. The van der Waals surface area contributed by atoms with Crippen LogP contribution < -0.4 is 27.3 Å². The quantitative estimate of drug-likeness (QED) is 0.491. The van der Waals surface area contributed by atoms with E-state index >= 15 is 0 Å². The Morgan fingerprint density at radius 2 is 1.75 bits per heavy atom. The van der Waals surface area contributed by atoms with Crippen molar-refractivity contribution in [2.45, 2.75) is 0 Å². The molecular weight excluding hydrogens is 308 g/mol. The second-order valence-electron chi connectivity index (χ2n) is 4.71. The van der Waals surface area contributed by atoms with E-state index < -0.39 is 0 Å². The lowest BCUT2D eigenvalue weighted by atomic mass is 10.2. The maximum atomic E-state index is 11.6. The van der Waals surface area contributed by atoms with Crippen LogP contribution in [0.1, 0.15) is 10.4 Å². The lowest BCUT2D eigenvalue weighted by molar-refractivity contribution is 0.0963. The molecule has 1 amide bonds. The third-order valence-electron chi connectivity index (χ3n) is 2.88. The molecule has 0 spiro atoms. The minimum Gasteiger partial charge on any atom is -0.457 e. The van der Waals surface area contributed by atoms with Crippen molar-refractivity contribution in [3.63, 3.8) is 0 Å². The van der Waals surface area contributed by atoms with E-state index in [1.54, 1.807) is 55.6 Å². The minimum absolute atomic E-state index is 0.0399. The van der Waals surface area contributed by atoms with Gasteiger partial charge in [0.2, 0.25) is 5.96 Å². The first-order valence-corrected chi connectivity index (χ1v) is 7.02. The van der Waals surface area contributed by atoms with Crippen molar-refractivity contribution >= 4 is 23.5 Å². The molecule has 0 heterocycles. The maximum Gasteiger partial charge on any atom is 0.251 e. The van der Waals surface area contributed by atoms with E-state index in [1.807, 2.05) is 0 Å². The van der Waals surface area contributed by atoms with Gasteiger partial charge in [-0.1, -0.05) is 6.07 Å². The SMILES string of the molecule is CNC(=O)c1cccc(Oc2ccc(N=C(N)N=C(N)N)cc2)c1. The van der Waals surface area contributed by atoms with Crippen LogP contribution in [0.25, 0.3) is 0 Å². The first-order valence-electron chi connectivity index (χ1n) is 7.02. The average Bonchev–Trinajstić information content (AvgIpc) is 2.55. The summed E-state index contributed by atoms with van der Waals surface area (Å²) in [6.45, 7) is 0. The zero-order valence-electron chi connectivity index (χ0n) is 13.1. The molecule has 24 heavy (non-hydrogen) atoms. The van der Waals surface area contributed by atoms with Crippen molar-refractivity contribution in [1.82, 2.24) is 5.32 Å². The Morgan fingerprint density at radius 3 is 2.38 bits per heavy atom. The molecule has 2 aromatic rings. The Balaban J connectivity index is 2.12. The third-order valence-corrected chi connectivity index (χ3v) is 2.88. The fourth-order valence-corrected chi connectivity index (χ4v) is 1.86. The van der Waals surface area contributed by atoms with Crippen LogP contribution in [0.3, 0.4) is 0 Å². The molecule has 0 aliphatic heterocycles. The first-order chi connectivity index (χ1) is 11.5. The van der Waals surface area contributed by atoms with Gasteiger partial charge >= 0.3 is 0 Å². The zero-order chi connectivity index (χ0) is 17.5. The molecule has 0 atom stereocenters. The summed E-state index contributed by atoms with van der Waals surface area (Å²) in [5.41, 5.74) is 17.1. The van der Waals surface area contributed by atoms with Gasteiger partial charge in [-0.05, 0) is 42.5 Å². The number of hydrogen-bond acceptors (Lipinski definition) is 3. The Bertz CT molecular complexity index is 779. The fraction of sp³-hybridized carbons (Fsp3) is 0.0625. The Kier molecular flexibility index (Phi) is 5.35. The van der Waals surface area contributed by atoms with Crippen molar-refractivity contribution in [3.05, 3.63) is 54.1 Å². The predicted molar refractivity (Wildman–Crippen MR) is 93.4 cm³/mol. The van der Waals surface area contributed by atoms with Gasteiger partial charge in [0, 0.05) is 12.6 Å². The molecule has 124 valence electrons. The third kappa shape index (κ3) is 4.73. The largest absolute Gasteiger partial charge is 0.457 e. The van der Waals surface area contributed by atoms with Gasteiger partial charge in [0.15, 0.2) is 5.96 Å². The molecule has 0 saturated carbocycles. The molecule has 0 aromatic heterocycles. The summed E-state index contributed by atoms with van der Waals surface area (Å²) in [6.07, 6.45) is 0. The Hall–Kier alpha value is -3.55. The molecule has 0 aliphatic rings. The highest BCUT2D eigenvalue weighted by atomic mass is 16.5. The highest BCUT2D eigenvalue weighted by Gasteiger charge is 2.05. The number of nitrogens with one attached hydrogen (secondary N) is 1. The van der Waals surface area contributed by atoms with Crippen LogP contribution in [-0.4, -0.2) is 24.9 Å². The summed E-state index contributed by atoms with van der Waals surface area (Å²) in [4.78, 5) is 19.3. The first kappa shape index (κ1) is 16.8. The van der Waals surface area contributed by atoms with Crippen LogP contribution >= 0.6 is 0 Å². The molecule has 7 N–H and O–H groups in total. The standard InChI is InChI=1S/C16H18N6O2/c1-20-14(23)10-3-2-4-13(9-10)24-12-7-5-11(6-8-12)21-16(19)22-15(17)18/h2-9H,1H3,(H,20,23)(H6,17,18,19,21,22). The zero-order valence-corrected chi connectivity index (χ0v) is 13.1. The number of guanidine groups is 2. The van der Waals surface area contributed by atoms with Gasteiger partial charge in [-0.3, -0.25) is 4.79 Å². The van der Waals surface area contributed by atoms with Crippen molar-refractivity contribution in [2.24, 2.45) is 27.2 Å². The molecule has 0 bridgehead atoms. The second kappa shape index (κ2) is 7.63. The summed E-state index contributed by atoms with van der Waals surface area (Å²) >= 11 is 0. The van der Waals surface area contributed by atoms with Crippen LogP contribution in [0.5, 0.6) is 11.5 Å². The molecule has 0 fully saturated rings. The van der Waals surface area contributed by atoms with Gasteiger partial charge in [-0.25, -0.2) is 4.99 Å². The van der Waals surface area contributed by atoms with Crippen LogP contribution in [0.15, 0.2) is 58.5 Å². The summed E-state index contributed by atoms with van der Waals surface area (Å²) in [5, 5.41) is 2.56. The molecule has 0 radical (unpaired) electrons. The van der Waals surface area contributed by atoms with E-state index in [0.717, 1.165) is 0 Å². The smallest absolute Gasteiger partial charge is 0.251 e. The molecule has 2 aromatic carbocycles. The number of nitrogens with two attached hydrogens (primary N) is 3. The molecule has 0 saturated heterocycles. The van der Waals surface area contributed by atoms with E-state index in [0.29, 0.717) is 22.7 Å².